The van der Waals surface area contributed by atoms with Crippen LogP contribution in [0.5, 0.6) is 0 Å². The van der Waals surface area contributed by atoms with Gasteiger partial charge in [0.1, 0.15) is 11.6 Å². The normalized spacial score (nSPS) is 10.2. The summed E-state index contributed by atoms with van der Waals surface area (Å²) in [5.74, 6) is -1.27. The molecule has 0 radical (unpaired) electrons. The summed E-state index contributed by atoms with van der Waals surface area (Å²) in [6.45, 7) is 0. The maximum Gasteiger partial charge on any atom is 0.131 e. The highest BCUT2D eigenvalue weighted by atomic mass is 79.9. The molecule has 0 heterocycles. The zero-order valence-corrected chi connectivity index (χ0v) is 7.72. The van der Waals surface area contributed by atoms with Crippen LogP contribution in [0.25, 0.3) is 0 Å². The third-order valence-electron chi connectivity index (χ3n) is 1.24. The fourth-order valence-electron chi connectivity index (χ4n) is 0.700. The van der Waals surface area contributed by atoms with Gasteiger partial charge in [0.2, 0.25) is 0 Å². The molecule has 0 bridgehead atoms. The van der Waals surface area contributed by atoms with Crippen molar-refractivity contribution in [1.29, 1.82) is 0 Å². The highest BCUT2D eigenvalue weighted by Gasteiger charge is 2.07. The summed E-state index contributed by atoms with van der Waals surface area (Å²) >= 11 is 8.56. The molecular formula is C7H4BrClF2. The van der Waals surface area contributed by atoms with Crippen molar-refractivity contribution in [3.05, 3.63) is 34.4 Å². The molecular weight excluding hydrogens is 237 g/mol. The predicted molar refractivity (Wildman–Crippen MR) is 44.0 cm³/mol. The number of alkyl halides is 1. The Balaban J connectivity index is 3.25. The molecule has 0 saturated carbocycles. The minimum Gasteiger partial charge on any atom is -0.207 e. The van der Waals surface area contributed by atoms with Crippen LogP contribution in [0.3, 0.4) is 0 Å². The molecule has 0 aliphatic carbocycles. The van der Waals surface area contributed by atoms with Gasteiger partial charge in [-0.05, 0) is 6.07 Å². The maximum absolute atomic E-state index is 12.8. The van der Waals surface area contributed by atoms with Crippen molar-refractivity contribution >= 4 is 27.5 Å². The Hall–Kier alpha value is -0.150. The van der Waals surface area contributed by atoms with E-state index in [4.69, 9.17) is 11.6 Å². The first-order valence-corrected chi connectivity index (χ1v) is 4.34. The smallest absolute Gasteiger partial charge is 0.131 e. The van der Waals surface area contributed by atoms with Gasteiger partial charge in [0.05, 0.1) is 5.02 Å². The van der Waals surface area contributed by atoms with E-state index in [2.05, 4.69) is 15.9 Å². The van der Waals surface area contributed by atoms with Gasteiger partial charge >= 0.3 is 0 Å². The second-order valence-electron chi connectivity index (χ2n) is 1.98. The highest BCUT2D eigenvalue weighted by molar-refractivity contribution is 9.08. The summed E-state index contributed by atoms with van der Waals surface area (Å²) in [6.07, 6.45) is 0. The third-order valence-corrected chi connectivity index (χ3v) is 2.14. The Labute approximate surface area is 76.3 Å². The van der Waals surface area contributed by atoms with Crippen LogP contribution in [-0.4, -0.2) is 0 Å². The predicted octanol–water partition coefficient (Wildman–Crippen LogP) is 3.51. The van der Waals surface area contributed by atoms with Crippen LogP contribution in [0.4, 0.5) is 8.78 Å². The van der Waals surface area contributed by atoms with Crippen molar-refractivity contribution in [2.24, 2.45) is 0 Å². The van der Waals surface area contributed by atoms with Gasteiger partial charge in [-0.15, -0.1) is 0 Å². The number of benzene rings is 1. The van der Waals surface area contributed by atoms with Crippen LogP contribution < -0.4 is 0 Å². The largest absolute Gasteiger partial charge is 0.207 e. The standard InChI is InChI=1S/C7H4BrClF2/c8-3-5-6(9)1-4(10)2-7(5)11/h1-2H,3H2. The monoisotopic (exact) mass is 240 g/mol. The quantitative estimate of drug-likeness (QED) is 0.660. The van der Waals surface area contributed by atoms with E-state index in [1.165, 1.54) is 0 Å². The molecule has 0 saturated heterocycles. The summed E-state index contributed by atoms with van der Waals surface area (Å²) in [6, 6.07) is 1.89. The van der Waals surface area contributed by atoms with Crippen LogP contribution in [0.15, 0.2) is 12.1 Å². The number of halogens is 4. The molecule has 0 fully saturated rings. The molecule has 1 rings (SSSR count). The van der Waals surface area contributed by atoms with E-state index in [1.54, 1.807) is 0 Å². The Bertz CT molecular complexity index is 252. The molecule has 60 valence electrons. The summed E-state index contributed by atoms with van der Waals surface area (Å²) in [5, 5.41) is 0.400. The zero-order valence-electron chi connectivity index (χ0n) is 5.37. The van der Waals surface area contributed by atoms with Crippen molar-refractivity contribution in [2.45, 2.75) is 5.33 Å². The van der Waals surface area contributed by atoms with Crippen LogP contribution in [-0.2, 0) is 5.33 Å². The minimum absolute atomic E-state index is 0.111. The first-order chi connectivity index (χ1) is 5.15. The van der Waals surface area contributed by atoms with Gasteiger partial charge in [0.25, 0.3) is 0 Å². The van der Waals surface area contributed by atoms with Crippen molar-refractivity contribution in [3.63, 3.8) is 0 Å². The summed E-state index contributed by atoms with van der Waals surface area (Å²) in [5.41, 5.74) is 0.285. The van der Waals surface area contributed by atoms with Crippen LogP contribution in [0.1, 0.15) is 5.56 Å². The van der Waals surface area contributed by atoms with Gasteiger partial charge in [-0.2, -0.15) is 0 Å². The Morgan fingerprint density at radius 1 is 1.36 bits per heavy atom. The van der Waals surface area contributed by atoms with E-state index in [1.807, 2.05) is 0 Å². The van der Waals surface area contributed by atoms with Crippen LogP contribution in [0.2, 0.25) is 5.02 Å². The first kappa shape index (κ1) is 8.94. The van der Waals surface area contributed by atoms with Gasteiger partial charge in [0.15, 0.2) is 0 Å². The maximum atomic E-state index is 12.8. The molecule has 0 spiro atoms. The van der Waals surface area contributed by atoms with E-state index in [0.29, 0.717) is 0 Å². The Morgan fingerprint density at radius 2 is 2.00 bits per heavy atom. The van der Waals surface area contributed by atoms with E-state index in [0.717, 1.165) is 12.1 Å². The summed E-state index contributed by atoms with van der Waals surface area (Å²) in [4.78, 5) is 0. The van der Waals surface area contributed by atoms with Gasteiger partial charge < -0.3 is 0 Å². The molecule has 0 N–H and O–H groups in total. The van der Waals surface area contributed by atoms with Gasteiger partial charge in [-0.1, -0.05) is 27.5 Å². The molecule has 1 aromatic carbocycles. The van der Waals surface area contributed by atoms with Gasteiger partial charge in [-0.3, -0.25) is 0 Å². The third kappa shape index (κ3) is 1.91. The lowest BCUT2D eigenvalue weighted by molar-refractivity contribution is 0.577. The molecule has 0 aliphatic rings. The van der Waals surface area contributed by atoms with E-state index >= 15 is 0 Å². The fourth-order valence-corrected chi connectivity index (χ4v) is 1.69. The Kier molecular flexibility index (Phi) is 2.84. The second kappa shape index (κ2) is 3.50. The number of rotatable bonds is 1. The zero-order chi connectivity index (χ0) is 8.43. The minimum atomic E-state index is -0.655. The SMILES string of the molecule is Fc1cc(F)c(CBr)c(Cl)c1. The fraction of sp³-hybridized carbons (Fsp3) is 0.143. The lowest BCUT2D eigenvalue weighted by Gasteiger charge is -2.00. The van der Waals surface area contributed by atoms with Crippen molar-refractivity contribution in [2.75, 3.05) is 0 Å². The molecule has 11 heavy (non-hydrogen) atoms. The average molecular weight is 241 g/mol. The Morgan fingerprint density at radius 3 is 2.45 bits per heavy atom. The van der Waals surface area contributed by atoms with Crippen LogP contribution in [0, 0.1) is 11.6 Å². The molecule has 0 atom stereocenters. The summed E-state index contributed by atoms with van der Waals surface area (Å²) in [7, 11) is 0. The van der Waals surface area contributed by atoms with E-state index in [9.17, 15) is 8.78 Å². The van der Waals surface area contributed by atoms with Gasteiger partial charge in [0, 0.05) is 17.0 Å². The van der Waals surface area contributed by atoms with Crippen LogP contribution >= 0.6 is 27.5 Å². The van der Waals surface area contributed by atoms with Crippen molar-refractivity contribution in [3.8, 4) is 0 Å². The van der Waals surface area contributed by atoms with E-state index in [-0.39, 0.29) is 15.9 Å². The second-order valence-corrected chi connectivity index (χ2v) is 2.95. The molecule has 4 heteroatoms. The average Bonchev–Trinajstić information content (AvgIpc) is 1.85. The molecule has 0 aliphatic heterocycles. The number of hydrogen-bond acceptors (Lipinski definition) is 0. The summed E-state index contributed by atoms with van der Waals surface area (Å²) < 4.78 is 25.2. The lowest BCUT2D eigenvalue weighted by atomic mass is 10.2. The lowest BCUT2D eigenvalue weighted by Crippen LogP contribution is -1.89. The van der Waals surface area contributed by atoms with Crippen molar-refractivity contribution < 1.29 is 8.78 Å². The topological polar surface area (TPSA) is 0 Å². The van der Waals surface area contributed by atoms with Gasteiger partial charge in [-0.25, -0.2) is 8.78 Å². The van der Waals surface area contributed by atoms with Crippen molar-refractivity contribution in [1.82, 2.24) is 0 Å². The molecule has 0 amide bonds. The molecule has 1 aromatic rings. The molecule has 0 unspecified atom stereocenters. The molecule has 0 nitrogen and oxygen atoms in total. The molecule has 0 aromatic heterocycles. The van der Waals surface area contributed by atoms with E-state index < -0.39 is 11.6 Å². The first-order valence-electron chi connectivity index (χ1n) is 2.84. The number of hydrogen-bond donors (Lipinski definition) is 0. The highest BCUT2D eigenvalue weighted by Crippen LogP contribution is 2.22.